The van der Waals surface area contributed by atoms with Crippen molar-refractivity contribution in [3.63, 3.8) is 0 Å². The van der Waals surface area contributed by atoms with Crippen molar-refractivity contribution < 1.29 is 13.9 Å². The van der Waals surface area contributed by atoms with Crippen LogP contribution in [0.15, 0.2) is 39.3 Å². The molecule has 0 bridgehead atoms. The number of rotatable bonds is 3. The molecule has 102 valence electrons. The third kappa shape index (κ3) is 3.30. The Morgan fingerprint density at radius 3 is 2.35 bits per heavy atom. The predicted molar refractivity (Wildman–Crippen MR) is 79.6 cm³/mol. The van der Waals surface area contributed by atoms with Crippen LogP contribution in [0, 0.1) is 17.1 Å². The molecule has 2 aromatic rings. The van der Waals surface area contributed by atoms with E-state index >= 15 is 0 Å². The minimum absolute atomic E-state index is 0.198. The fourth-order valence-corrected chi connectivity index (χ4v) is 2.45. The van der Waals surface area contributed by atoms with E-state index in [1.54, 1.807) is 19.2 Å². The summed E-state index contributed by atoms with van der Waals surface area (Å²) in [5, 5.41) is 8.81. The Bertz CT molecular complexity index is 698. The zero-order chi connectivity index (χ0) is 14.7. The van der Waals surface area contributed by atoms with E-state index in [2.05, 4.69) is 31.9 Å². The van der Waals surface area contributed by atoms with Crippen molar-refractivity contribution >= 4 is 31.9 Å². The molecule has 0 heterocycles. The summed E-state index contributed by atoms with van der Waals surface area (Å²) in [5.74, 6) is 0.843. The summed E-state index contributed by atoms with van der Waals surface area (Å²) in [6.07, 6.45) is 0. The molecule has 0 saturated carbocycles. The van der Waals surface area contributed by atoms with Gasteiger partial charge in [-0.2, -0.15) is 5.26 Å². The maximum absolute atomic E-state index is 13.3. The zero-order valence-electron chi connectivity index (χ0n) is 10.3. The molecular formula is C14H8Br2FNO2. The largest absolute Gasteiger partial charge is 0.496 e. The monoisotopic (exact) mass is 399 g/mol. The first kappa shape index (κ1) is 14.8. The summed E-state index contributed by atoms with van der Waals surface area (Å²) in [7, 11) is 1.55. The van der Waals surface area contributed by atoms with E-state index in [0.717, 1.165) is 6.07 Å². The van der Waals surface area contributed by atoms with Gasteiger partial charge in [0, 0.05) is 6.07 Å². The average Bonchev–Trinajstić information content (AvgIpc) is 2.41. The SMILES string of the molecule is COc1cc(Br)c(Oc2cc(F)cc(C#N)c2)cc1Br. The quantitative estimate of drug-likeness (QED) is 0.726. The van der Waals surface area contributed by atoms with Gasteiger partial charge in [-0.15, -0.1) is 0 Å². The molecule has 3 nitrogen and oxygen atoms in total. The molecule has 0 aliphatic heterocycles. The Morgan fingerprint density at radius 2 is 1.70 bits per heavy atom. The molecule has 0 aliphatic rings. The van der Waals surface area contributed by atoms with Crippen molar-refractivity contribution in [2.24, 2.45) is 0 Å². The molecule has 0 N–H and O–H groups in total. The minimum atomic E-state index is -0.525. The van der Waals surface area contributed by atoms with Gasteiger partial charge in [0.25, 0.3) is 0 Å². The number of benzene rings is 2. The maximum Gasteiger partial charge on any atom is 0.143 e. The molecular weight excluding hydrogens is 393 g/mol. The fourth-order valence-electron chi connectivity index (χ4n) is 1.56. The Balaban J connectivity index is 2.38. The molecule has 0 spiro atoms. The number of nitriles is 1. The standard InChI is InChI=1S/C14H8Br2FNO2/c1-19-13-5-12(16)14(6-11(13)15)20-10-3-8(7-18)2-9(17)4-10/h2-6H,1H3. The van der Waals surface area contributed by atoms with E-state index < -0.39 is 5.82 Å². The molecule has 0 amide bonds. The first-order chi connectivity index (χ1) is 9.53. The van der Waals surface area contributed by atoms with Gasteiger partial charge in [0.05, 0.1) is 27.7 Å². The van der Waals surface area contributed by atoms with Crippen molar-refractivity contribution in [1.82, 2.24) is 0 Å². The molecule has 0 fully saturated rings. The van der Waals surface area contributed by atoms with E-state index in [-0.39, 0.29) is 11.3 Å². The van der Waals surface area contributed by atoms with Gasteiger partial charge in [-0.1, -0.05) is 0 Å². The Labute approximate surface area is 132 Å². The van der Waals surface area contributed by atoms with Crippen molar-refractivity contribution in [1.29, 1.82) is 5.26 Å². The topological polar surface area (TPSA) is 42.2 Å². The van der Waals surface area contributed by atoms with Crippen LogP contribution in [0.25, 0.3) is 0 Å². The maximum atomic E-state index is 13.3. The van der Waals surface area contributed by atoms with Gasteiger partial charge in [0.15, 0.2) is 0 Å². The summed E-state index contributed by atoms with van der Waals surface area (Å²) >= 11 is 6.69. The summed E-state index contributed by atoms with van der Waals surface area (Å²) in [6.45, 7) is 0. The lowest BCUT2D eigenvalue weighted by molar-refractivity contribution is 0.409. The van der Waals surface area contributed by atoms with Gasteiger partial charge < -0.3 is 9.47 Å². The second kappa shape index (κ2) is 6.25. The van der Waals surface area contributed by atoms with E-state index in [0.29, 0.717) is 20.4 Å². The average molecular weight is 401 g/mol. The van der Waals surface area contributed by atoms with Crippen LogP contribution in [0.4, 0.5) is 4.39 Å². The highest BCUT2D eigenvalue weighted by Gasteiger charge is 2.10. The highest BCUT2D eigenvalue weighted by molar-refractivity contribution is 9.11. The predicted octanol–water partition coefficient (Wildman–Crippen LogP) is 5.02. The number of ether oxygens (including phenoxy) is 2. The smallest absolute Gasteiger partial charge is 0.143 e. The van der Waals surface area contributed by atoms with E-state index in [9.17, 15) is 4.39 Å². The Kier molecular flexibility index (Phi) is 4.63. The van der Waals surface area contributed by atoms with Crippen LogP contribution in [-0.2, 0) is 0 Å². The number of methoxy groups -OCH3 is 1. The van der Waals surface area contributed by atoms with Crippen LogP contribution in [0.3, 0.4) is 0 Å². The highest BCUT2D eigenvalue weighted by atomic mass is 79.9. The fraction of sp³-hybridized carbons (Fsp3) is 0.0714. The summed E-state index contributed by atoms with van der Waals surface area (Å²) < 4.78 is 25.4. The van der Waals surface area contributed by atoms with Crippen LogP contribution in [0.2, 0.25) is 0 Å². The molecule has 0 aromatic heterocycles. The Hall–Kier alpha value is -1.58. The minimum Gasteiger partial charge on any atom is -0.496 e. The van der Waals surface area contributed by atoms with Gasteiger partial charge in [0.1, 0.15) is 23.1 Å². The molecule has 0 radical (unpaired) electrons. The molecule has 0 unspecified atom stereocenters. The highest BCUT2D eigenvalue weighted by Crippen LogP contribution is 2.38. The van der Waals surface area contributed by atoms with Crippen LogP contribution >= 0.6 is 31.9 Å². The van der Waals surface area contributed by atoms with Gasteiger partial charge in [-0.3, -0.25) is 0 Å². The van der Waals surface area contributed by atoms with Crippen molar-refractivity contribution in [2.45, 2.75) is 0 Å². The lowest BCUT2D eigenvalue weighted by Crippen LogP contribution is -1.91. The van der Waals surface area contributed by atoms with Crippen molar-refractivity contribution in [3.8, 4) is 23.3 Å². The summed E-state index contributed by atoms with van der Waals surface area (Å²) in [4.78, 5) is 0. The van der Waals surface area contributed by atoms with E-state index in [1.165, 1.54) is 12.1 Å². The molecule has 20 heavy (non-hydrogen) atoms. The van der Waals surface area contributed by atoms with Crippen LogP contribution in [-0.4, -0.2) is 7.11 Å². The number of nitrogens with zero attached hydrogens (tertiary/aromatic N) is 1. The summed E-state index contributed by atoms with van der Waals surface area (Å²) in [6, 6.07) is 9.12. The van der Waals surface area contributed by atoms with E-state index in [4.69, 9.17) is 14.7 Å². The Morgan fingerprint density at radius 1 is 1.05 bits per heavy atom. The molecule has 0 aliphatic carbocycles. The second-order valence-electron chi connectivity index (χ2n) is 3.81. The zero-order valence-corrected chi connectivity index (χ0v) is 13.5. The third-order valence-electron chi connectivity index (χ3n) is 2.43. The van der Waals surface area contributed by atoms with Gasteiger partial charge in [0.2, 0.25) is 0 Å². The van der Waals surface area contributed by atoms with Gasteiger partial charge >= 0.3 is 0 Å². The lowest BCUT2D eigenvalue weighted by atomic mass is 10.2. The molecule has 0 atom stereocenters. The van der Waals surface area contributed by atoms with Crippen molar-refractivity contribution in [2.75, 3.05) is 7.11 Å². The van der Waals surface area contributed by atoms with Gasteiger partial charge in [-0.25, -0.2) is 4.39 Å². The lowest BCUT2D eigenvalue weighted by Gasteiger charge is -2.11. The number of hydrogen-bond acceptors (Lipinski definition) is 3. The second-order valence-corrected chi connectivity index (χ2v) is 5.52. The molecule has 0 saturated heterocycles. The molecule has 2 aromatic carbocycles. The summed E-state index contributed by atoms with van der Waals surface area (Å²) in [5.41, 5.74) is 0.198. The number of hydrogen-bond donors (Lipinski definition) is 0. The van der Waals surface area contributed by atoms with E-state index in [1.807, 2.05) is 6.07 Å². The van der Waals surface area contributed by atoms with Gasteiger partial charge in [-0.05, 0) is 56.1 Å². The van der Waals surface area contributed by atoms with Crippen LogP contribution < -0.4 is 9.47 Å². The van der Waals surface area contributed by atoms with Crippen LogP contribution in [0.1, 0.15) is 5.56 Å². The first-order valence-electron chi connectivity index (χ1n) is 5.45. The first-order valence-corrected chi connectivity index (χ1v) is 7.03. The molecule has 6 heteroatoms. The third-order valence-corrected chi connectivity index (χ3v) is 3.67. The molecule has 2 rings (SSSR count). The normalized spacial score (nSPS) is 9.95. The number of halogens is 3. The van der Waals surface area contributed by atoms with Crippen LogP contribution in [0.5, 0.6) is 17.2 Å². The van der Waals surface area contributed by atoms with Crippen molar-refractivity contribution in [3.05, 3.63) is 50.7 Å².